The molecule has 0 spiro atoms. The van der Waals surface area contributed by atoms with Gasteiger partial charge in [0, 0.05) is 0 Å². The summed E-state index contributed by atoms with van der Waals surface area (Å²) in [5, 5.41) is 0. The summed E-state index contributed by atoms with van der Waals surface area (Å²) >= 11 is 0. The highest BCUT2D eigenvalue weighted by Gasteiger charge is 2.23. The molecule has 0 fully saturated rings. The molecule has 0 unspecified atom stereocenters. The van der Waals surface area contributed by atoms with Gasteiger partial charge in [-0.2, -0.15) is 0 Å². The molecule has 27 heavy (non-hydrogen) atoms. The van der Waals surface area contributed by atoms with Crippen molar-refractivity contribution in [3.63, 3.8) is 0 Å². The van der Waals surface area contributed by atoms with E-state index in [0.29, 0.717) is 6.71 Å². The van der Waals surface area contributed by atoms with Gasteiger partial charge in [0.05, 0.1) is 0 Å². The van der Waals surface area contributed by atoms with E-state index < -0.39 is 0 Å². The highest BCUT2D eigenvalue weighted by atomic mass is 14.1. The number of allylic oxidation sites excluding steroid dienone is 1. The van der Waals surface area contributed by atoms with Crippen LogP contribution in [-0.2, 0) is 0 Å². The van der Waals surface area contributed by atoms with Crippen LogP contribution in [0.1, 0.15) is 72.4 Å². The molecule has 0 saturated carbocycles. The molecular formula is C26H37B. The van der Waals surface area contributed by atoms with E-state index in [2.05, 4.69) is 84.8 Å². The lowest BCUT2D eigenvalue weighted by Gasteiger charge is -2.22. The molecule has 0 aliphatic rings. The second-order valence-electron chi connectivity index (χ2n) is 8.38. The second kappa shape index (κ2) is 9.97. The fourth-order valence-corrected chi connectivity index (χ4v) is 4.62. The van der Waals surface area contributed by atoms with Crippen LogP contribution < -0.4 is 10.9 Å². The third-order valence-corrected chi connectivity index (χ3v) is 5.65. The zero-order valence-corrected chi connectivity index (χ0v) is 18.6. The zero-order valence-electron chi connectivity index (χ0n) is 18.6. The van der Waals surface area contributed by atoms with Gasteiger partial charge in [-0.15, -0.1) is 5.98 Å². The molecular weight excluding hydrogens is 323 g/mol. The number of hydrogen-bond donors (Lipinski definition) is 0. The van der Waals surface area contributed by atoms with Crippen molar-refractivity contribution in [3.05, 3.63) is 69.7 Å². The molecule has 0 aromatic heterocycles. The minimum Gasteiger partial charge on any atom is -0.109 e. The van der Waals surface area contributed by atoms with Crippen LogP contribution in [0.5, 0.6) is 0 Å². The lowest BCUT2D eigenvalue weighted by atomic mass is 9.37. The first-order valence-electron chi connectivity index (χ1n) is 10.7. The van der Waals surface area contributed by atoms with E-state index >= 15 is 0 Å². The molecule has 0 atom stereocenters. The van der Waals surface area contributed by atoms with Crippen LogP contribution in [0.25, 0.3) is 0 Å². The predicted octanol–water partition coefficient (Wildman–Crippen LogP) is 6.21. The summed E-state index contributed by atoms with van der Waals surface area (Å²) in [7, 11) is 0. The van der Waals surface area contributed by atoms with Crippen molar-refractivity contribution in [1.82, 2.24) is 0 Å². The Morgan fingerprint density at radius 2 is 1.11 bits per heavy atom. The van der Waals surface area contributed by atoms with Crippen molar-refractivity contribution in [2.75, 3.05) is 0 Å². The molecule has 0 radical (unpaired) electrons. The van der Waals surface area contributed by atoms with Gasteiger partial charge in [-0.3, -0.25) is 0 Å². The van der Waals surface area contributed by atoms with Gasteiger partial charge in [0.25, 0.3) is 0 Å². The van der Waals surface area contributed by atoms with Gasteiger partial charge in [0.2, 0.25) is 6.71 Å². The zero-order chi connectivity index (χ0) is 20.0. The van der Waals surface area contributed by atoms with Crippen LogP contribution in [0.3, 0.4) is 0 Å². The van der Waals surface area contributed by atoms with Gasteiger partial charge in [-0.25, -0.2) is 0 Å². The third-order valence-electron chi connectivity index (χ3n) is 5.65. The first-order chi connectivity index (χ1) is 12.8. The third kappa shape index (κ3) is 5.61. The van der Waals surface area contributed by atoms with E-state index in [-0.39, 0.29) is 0 Å². The summed E-state index contributed by atoms with van der Waals surface area (Å²) in [6.45, 7) is 16.1. The van der Waals surface area contributed by atoms with E-state index in [1.54, 1.807) is 0 Å². The lowest BCUT2D eigenvalue weighted by Crippen LogP contribution is -2.46. The van der Waals surface area contributed by atoms with Crippen molar-refractivity contribution in [3.8, 4) is 0 Å². The molecule has 0 heterocycles. The van der Waals surface area contributed by atoms with Crippen LogP contribution in [0.15, 0.2) is 36.3 Å². The topological polar surface area (TPSA) is 0 Å². The summed E-state index contributed by atoms with van der Waals surface area (Å²) in [4.78, 5) is 0. The first kappa shape index (κ1) is 21.5. The largest absolute Gasteiger partial charge is 0.235 e. The van der Waals surface area contributed by atoms with Gasteiger partial charge < -0.3 is 0 Å². The van der Waals surface area contributed by atoms with Gasteiger partial charge in [0.1, 0.15) is 0 Å². The molecule has 0 aliphatic heterocycles. The highest BCUT2D eigenvalue weighted by molar-refractivity contribution is 6.90. The average molecular weight is 360 g/mol. The van der Waals surface area contributed by atoms with E-state index in [4.69, 9.17) is 0 Å². The van der Waals surface area contributed by atoms with Gasteiger partial charge in [-0.05, 0) is 54.4 Å². The number of unbranched alkanes of at least 4 members (excludes halogenated alkanes) is 4. The van der Waals surface area contributed by atoms with Crippen LogP contribution in [0.2, 0.25) is 0 Å². The van der Waals surface area contributed by atoms with Crippen molar-refractivity contribution in [2.45, 2.75) is 80.6 Å². The molecule has 0 amide bonds. The molecule has 0 nitrogen and oxygen atoms in total. The summed E-state index contributed by atoms with van der Waals surface area (Å²) in [5.74, 6) is 2.47. The molecule has 2 aromatic carbocycles. The SMILES string of the molecule is CCCCCC/C=C/B(c1c(C)cc(C)cc1C)c1c(C)cc(C)cc1C. The van der Waals surface area contributed by atoms with Crippen molar-refractivity contribution >= 4 is 17.6 Å². The first-order valence-corrected chi connectivity index (χ1v) is 10.7. The maximum Gasteiger partial charge on any atom is 0.235 e. The van der Waals surface area contributed by atoms with Crippen LogP contribution >= 0.6 is 0 Å². The molecule has 2 aromatic rings. The fraction of sp³-hybridized carbons (Fsp3) is 0.462. The lowest BCUT2D eigenvalue weighted by molar-refractivity contribution is 0.674. The standard InChI is InChI=1S/C26H37B/c1-8-9-10-11-12-13-14-27(25-21(4)15-19(2)16-22(25)5)26-23(6)17-20(3)18-24(26)7/h13-18H,8-12H2,1-7H3/b14-13+. The van der Waals surface area contributed by atoms with Gasteiger partial charge in [-0.1, -0.05) is 101 Å². The molecule has 0 N–H and O–H groups in total. The molecule has 0 saturated heterocycles. The van der Waals surface area contributed by atoms with Crippen LogP contribution in [0.4, 0.5) is 0 Å². The maximum absolute atomic E-state index is 2.47. The number of aryl methyl sites for hydroxylation is 6. The monoisotopic (exact) mass is 360 g/mol. The average Bonchev–Trinajstić information content (AvgIpc) is 2.55. The fourth-order valence-electron chi connectivity index (χ4n) is 4.62. The van der Waals surface area contributed by atoms with Crippen molar-refractivity contribution in [2.24, 2.45) is 0 Å². The van der Waals surface area contributed by atoms with Gasteiger partial charge in [0.15, 0.2) is 0 Å². The Bertz CT molecular complexity index is 694. The minimum absolute atomic E-state index is 0.345. The van der Waals surface area contributed by atoms with Crippen molar-refractivity contribution in [1.29, 1.82) is 0 Å². The highest BCUT2D eigenvalue weighted by Crippen LogP contribution is 2.13. The van der Waals surface area contributed by atoms with E-state index in [0.717, 1.165) is 0 Å². The Morgan fingerprint density at radius 1 is 0.667 bits per heavy atom. The Morgan fingerprint density at radius 3 is 1.52 bits per heavy atom. The summed E-state index contributed by atoms with van der Waals surface area (Å²) in [6.07, 6.45) is 8.91. The van der Waals surface area contributed by atoms with Crippen LogP contribution in [0, 0.1) is 41.5 Å². The van der Waals surface area contributed by atoms with Crippen molar-refractivity contribution < 1.29 is 0 Å². The van der Waals surface area contributed by atoms with E-state index in [1.165, 1.54) is 76.4 Å². The quantitative estimate of drug-likeness (QED) is 0.388. The van der Waals surface area contributed by atoms with Crippen LogP contribution in [-0.4, -0.2) is 6.71 Å². The Kier molecular flexibility index (Phi) is 7.96. The summed E-state index contributed by atoms with van der Waals surface area (Å²) < 4.78 is 0. The molecule has 1 heteroatoms. The second-order valence-corrected chi connectivity index (χ2v) is 8.38. The molecule has 0 aliphatic carbocycles. The molecule has 2 rings (SSSR count). The summed E-state index contributed by atoms with van der Waals surface area (Å²) in [5.41, 5.74) is 11.3. The minimum atomic E-state index is 0.345. The van der Waals surface area contributed by atoms with E-state index in [9.17, 15) is 0 Å². The number of rotatable bonds is 8. The summed E-state index contributed by atoms with van der Waals surface area (Å²) in [6, 6.07) is 9.35. The molecule has 0 bridgehead atoms. The normalized spacial score (nSPS) is 11.4. The van der Waals surface area contributed by atoms with Gasteiger partial charge >= 0.3 is 0 Å². The van der Waals surface area contributed by atoms with E-state index in [1.807, 2.05) is 0 Å². The molecule has 144 valence electrons. The Balaban J connectivity index is 2.46. The number of benzene rings is 2. The smallest absolute Gasteiger partial charge is 0.109 e. The Hall–Kier alpha value is -1.76. The Labute approximate surface area is 168 Å². The maximum atomic E-state index is 2.47. The predicted molar refractivity (Wildman–Crippen MR) is 124 cm³/mol. The number of hydrogen-bond acceptors (Lipinski definition) is 0.